The maximum atomic E-state index is 13.2. The zero-order chi connectivity index (χ0) is 20.3. The van der Waals surface area contributed by atoms with Crippen molar-refractivity contribution in [3.63, 3.8) is 0 Å². The first-order chi connectivity index (χ1) is 13.5. The van der Waals surface area contributed by atoms with E-state index in [4.69, 9.17) is 4.74 Å². The fraction of sp³-hybridized carbons (Fsp3) is 0.450. The summed E-state index contributed by atoms with van der Waals surface area (Å²) >= 11 is 3.40. The number of carbonyl (C=O) groups is 2. The molecular formula is C20H25BrN4O3. The van der Waals surface area contributed by atoms with Crippen LogP contribution in [0.5, 0.6) is 0 Å². The van der Waals surface area contributed by atoms with Gasteiger partial charge >= 0.3 is 5.97 Å². The first kappa shape index (κ1) is 20.4. The molecule has 1 N–H and O–H groups in total. The summed E-state index contributed by atoms with van der Waals surface area (Å²) in [5.41, 5.74) is 2.44. The molecule has 1 aliphatic rings. The lowest BCUT2D eigenvalue weighted by Crippen LogP contribution is -2.49. The van der Waals surface area contributed by atoms with Gasteiger partial charge in [-0.2, -0.15) is 0 Å². The predicted molar refractivity (Wildman–Crippen MR) is 111 cm³/mol. The van der Waals surface area contributed by atoms with Gasteiger partial charge in [-0.1, -0.05) is 13.3 Å². The standard InChI is InChI=1S/C20H25BrN4O3/c1-4-5-15-17(20(27)28-3)13(2)23-18(15)19(26)25-10-8-24(9-11-25)16-7-6-14(21)12-22-16/h6-7,12,23H,4-5,8-11H2,1-3H3. The van der Waals surface area contributed by atoms with Gasteiger partial charge in [0.2, 0.25) is 0 Å². The zero-order valence-corrected chi connectivity index (χ0v) is 18.0. The number of esters is 1. The normalized spacial score (nSPS) is 14.3. The van der Waals surface area contributed by atoms with E-state index in [-0.39, 0.29) is 5.91 Å². The Hall–Kier alpha value is -2.35. The first-order valence-corrected chi connectivity index (χ1v) is 10.2. The largest absolute Gasteiger partial charge is 0.465 e. The Balaban J connectivity index is 1.76. The summed E-state index contributed by atoms with van der Waals surface area (Å²) in [6.45, 7) is 6.47. The van der Waals surface area contributed by atoms with E-state index < -0.39 is 5.97 Å². The van der Waals surface area contributed by atoms with Crippen molar-refractivity contribution in [2.24, 2.45) is 0 Å². The molecule has 0 bridgehead atoms. The van der Waals surface area contributed by atoms with Crippen molar-refractivity contribution in [1.29, 1.82) is 0 Å². The van der Waals surface area contributed by atoms with Gasteiger partial charge in [0.05, 0.1) is 12.7 Å². The Morgan fingerprint density at radius 3 is 2.54 bits per heavy atom. The molecule has 0 saturated carbocycles. The molecule has 0 aliphatic carbocycles. The van der Waals surface area contributed by atoms with Gasteiger partial charge in [-0.25, -0.2) is 9.78 Å². The van der Waals surface area contributed by atoms with Crippen LogP contribution < -0.4 is 4.90 Å². The van der Waals surface area contributed by atoms with Crippen molar-refractivity contribution in [1.82, 2.24) is 14.9 Å². The summed E-state index contributed by atoms with van der Waals surface area (Å²) in [4.78, 5) is 36.9. The number of hydrogen-bond acceptors (Lipinski definition) is 5. The number of nitrogens with zero attached hydrogens (tertiary/aromatic N) is 3. The van der Waals surface area contributed by atoms with Crippen molar-refractivity contribution >= 4 is 33.6 Å². The first-order valence-electron chi connectivity index (χ1n) is 9.41. The van der Waals surface area contributed by atoms with Gasteiger partial charge < -0.3 is 19.5 Å². The number of ether oxygens (including phenoxy) is 1. The molecule has 0 radical (unpaired) electrons. The molecule has 0 atom stereocenters. The number of halogens is 1. The topological polar surface area (TPSA) is 78.5 Å². The van der Waals surface area contributed by atoms with Crippen LogP contribution in [0, 0.1) is 6.92 Å². The van der Waals surface area contributed by atoms with Crippen LogP contribution in [0.2, 0.25) is 0 Å². The van der Waals surface area contributed by atoms with Crippen LogP contribution in [0.3, 0.4) is 0 Å². The van der Waals surface area contributed by atoms with Gasteiger partial charge in [0, 0.05) is 42.5 Å². The second kappa shape index (κ2) is 8.77. The molecule has 1 amide bonds. The summed E-state index contributed by atoms with van der Waals surface area (Å²) in [7, 11) is 1.36. The lowest BCUT2D eigenvalue weighted by molar-refractivity contribution is 0.0599. The molecule has 0 unspecified atom stereocenters. The summed E-state index contributed by atoms with van der Waals surface area (Å²) in [5.74, 6) is 0.443. The van der Waals surface area contributed by atoms with Crippen LogP contribution in [0.15, 0.2) is 22.8 Å². The number of carbonyl (C=O) groups excluding carboxylic acids is 2. The fourth-order valence-corrected chi connectivity index (χ4v) is 3.82. The van der Waals surface area contributed by atoms with E-state index >= 15 is 0 Å². The molecule has 1 aliphatic heterocycles. The number of methoxy groups -OCH3 is 1. The van der Waals surface area contributed by atoms with E-state index in [1.165, 1.54) is 7.11 Å². The van der Waals surface area contributed by atoms with E-state index in [0.29, 0.717) is 49.6 Å². The molecule has 0 aromatic carbocycles. The quantitative estimate of drug-likeness (QED) is 0.710. The number of rotatable bonds is 5. The highest BCUT2D eigenvalue weighted by Crippen LogP contribution is 2.24. The van der Waals surface area contributed by atoms with Crippen LogP contribution in [0.25, 0.3) is 0 Å². The molecule has 7 nitrogen and oxygen atoms in total. The summed E-state index contributed by atoms with van der Waals surface area (Å²) < 4.78 is 5.85. The fourth-order valence-electron chi connectivity index (χ4n) is 3.59. The Labute approximate surface area is 173 Å². The van der Waals surface area contributed by atoms with Crippen LogP contribution in [-0.4, -0.2) is 60.0 Å². The Morgan fingerprint density at radius 1 is 1.25 bits per heavy atom. The molecule has 28 heavy (non-hydrogen) atoms. The van der Waals surface area contributed by atoms with Gasteiger partial charge in [-0.3, -0.25) is 4.79 Å². The Kier molecular flexibility index (Phi) is 6.39. The van der Waals surface area contributed by atoms with E-state index in [1.54, 1.807) is 13.1 Å². The molecule has 1 saturated heterocycles. The highest BCUT2D eigenvalue weighted by molar-refractivity contribution is 9.10. The monoisotopic (exact) mass is 448 g/mol. The summed E-state index contributed by atoms with van der Waals surface area (Å²) in [6, 6.07) is 3.94. The molecule has 150 valence electrons. The smallest absolute Gasteiger partial charge is 0.339 e. The number of amides is 1. The molecule has 3 rings (SSSR count). The van der Waals surface area contributed by atoms with Crippen molar-refractivity contribution < 1.29 is 14.3 Å². The minimum atomic E-state index is -0.401. The predicted octanol–water partition coefficient (Wildman–Crippen LogP) is 3.18. The lowest BCUT2D eigenvalue weighted by Gasteiger charge is -2.35. The van der Waals surface area contributed by atoms with Gasteiger partial charge in [0.15, 0.2) is 0 Å². The summed E-state index contributed by atoms with van der Waals surface area (Å²) in [6.07, 6.45) is 3.27. The third-order valence-electron chi connectivity index (χ3n) is 5.00. The average Bonchev–Trinajstić information content (AvgIpc) is 3.04. The van der Waals surface area contributed by atoms with E-state index in [2.05, 4.69) is 30.8 Å². The minimum Gasteiger partial charge on any atom is -0.465 e. The molecule has 2 aromatic rings. The maximum Gasteiger partial charge on any atom is 0.339 e. The Bertz CT molecular complexity index is 855. The number of aryl methyl sites for hydroxylation is 1. The van der Waals surface area contributed by atoms with Crippen LogP contribution in [0.1, 0.15) is 45.4 Å². The lowest BCUT2D eigenvalue weighted by atomic mass is 10.0. The highest BCUT2D eigenvalue weighted by atomic mass is 79.9. The van der Waals surface area contributed by atoms with Gasteiger partial charge in [-0.05, 0) is 47.0 Å². The number of aromatic nitrogens is 2. The summed E-state index contributed by atoms with van der Waals surface area (Å²) in [5, 5.41) is 0. The second-order valence-electron chi connectivity index (χ2n) is 6.83. The maximum absolute atomic E-state index is 13.2. The van der Waals surface area contributed by atoms with Crippen LogP contribution in [-0.2, 0) is 11.2 Å². The van der Waals surface area contributed by atoms with Gasteiger partial charge in [0.25, 0.3) is 5.91 Å². The van der Waals surface area contributed by atoms with Crippen molar-refractivity contribution in [2.75, 3.05) is 38.2 Å². The molecule has 2 aromatic heterocycles. The second-order valence-corrected chi connectivity index (χ2v) is 7.75. The third kappa shape index (κ3) is 4.06. The SMILES string of the molecule is CCCc1c(C(=O)N2CCN(c3ccc(Br)cn3)CC2)[nH]c(C)c1C(=O)OC. The number of pyridine rings is 1. The molecule has 8 heteroatoms. The molecule has 0 spiro atoms. The van der Waals surface area contributed by atoms with Crippen LogP contribution >= 0.6 is 15.9 Å². The van der Waals surface area contributed by atoms with Gasteiger partial charge in [0.1, 0.15) is 11.5 Å². The minimum absolute atomic E-state index is 0.0647. The number of nitrogens with one attached hydrogen (secondary N) is 1. The number of piperazine rings is 1. The van der Waals surface area contributed by atoms with E-state index in [0.717, 1.165) is 22.3 Å². The highest BCUT2D eigenvalue weighted by Gasteiger charge is 2.29. The van der Waals surface area contributed by atoms with Crippen molar-refractivity contribution in [2.45, 2.75) is 26.7 Å². The third-order valence-corrected chi connectivity index (χ3v) is 5.47. The molecule has 3 heterocycles. The van der Waals surface area contributed by atoms with E-state index in [9.17, 15) is 9.59 Å². The van der Waals surface area contributed by atoms with Gasteiger partial charge in [-0.15, -0.1) is 0 Å². The van der Waals surface area contributed by atoms with E-state index in [1.807, 2.05) is 24.0 Å². The van der Waals surface area contributed by atoms with Crippen molar-refractivity contribution in [3.05, 3.63) is 45.3 Å². The number of hydrogen-bond donors (Lipinski definition) is 1. The number of H-pyrrole nitrogens is 1. The molecule has 1 fully saturated rings. The Morgan fingerprint density at radius 2 is 1.96 bits per heavy atom. The van der Waals surface area contributed by atoms with Crippen molar-refractivity contribution in [3.8, 4) is 0 Å². The average molecular weight is 449 g/mol. The number of anilines is 1. The van der Waals surface area contributed by atoms with Crippen LogP contribution in [0.4, 0.5) is 5.82 Å². The molecular weight excluding hydrogens is 424 g/mol. The number of aromatic amines is 1. The zero-order valence-electron chi connectivity index (χ0n) is 16.4.